The Balaban J connectivity index is 2.23. The number of imidazole rings is 1. The number of hydrogen-bond acceptors (Lipinski definition) is 2. The quantitative estimate of drug-likeness (QED) is 0.530. The zero-order valence-corrected chi connectivity index (χ0v) is 11.2. The number of rotatable bonds is 4. The molecule has 0 saturated carbocycles. The van der Waals surface area contributed by atoms with Gasteiger partial charge in [0.15, 0.2) is 0 Å². The van der Waals surface area contributed by atoms with Crippen LogP contribution in [0.15, 0.2) is 18.2 Å². The maximum absolute atomic E-state index is 4.53. The molecule has 1 N–H and O–H groups in total. The van der Waals surface area contributed by atoms with Crippen LogP contribution in [0.25, 0.3) is 11.0 Å². The van der Waals surface area contributed by atoms with E-state index in [1.165, 1.54) is 11.1 Å². The molecule has 1 heterocycles. The van der Waals surface area contributed by atoms with Gasteiger partial charge in [-0.1, -0.05) is 22.0 Å². The summed E-state index contributed by atoms with van der Waals surface area (Å²) < 4.78 is 2.12. The van der Waals surface area contributed by atoms with E-state index in [9.17, 15) is 0 Å². The second kappa shape index (κ2) is 4.97. The van der Waals surface area contributed by atoms with Crippen molar-refractivity contribution in [2.24, 2.45) is 7.05 Å². The number of hydrogen-bond donors (Lipinski definition) is 1. The van der Waals surface area contributed by atoms with Gasteiger partial charge in [0, 0.05) is 7.05 Å². The maximum Gasteiger partial charge on any atom is 0.106 e. The Labute approximate surface area is 104 Å². The first-order valence-electron chi connectivity index (χ1n) is 5.41. The van der Waals surface area contributed by atoms with Crippen LogP contribution in [-0.4, -0.2) is 21.5 Å². The first-order valence-corrected chi connectivity index (χ1v) is 6.53. The van der Waals surface area contributed by atoms with E-state index in [1.807, 2.05) is 6.92 Å². The third-order valence-electron chi connectivity index (χ3n) is 2.85. The Morgan fingerprint density at radius 2 is 2.25 bits per heavy atom. The molecule has 4 heteroatoms. The van der Waals surface area contributed by atoms with Crippen molar-refractivity contribution in [3.05, 3.63) is 29.6 Å². The van der Waals surface area contributed by atoms with Crippen LogP contribution >= 0.6 is 15.9 Å². The third-order valence-corrected chi connectivity index (χ3v) is 3.25. The molecular weight excluding hydrogens is 266 g/mol. The SMILES string of the molecule is Cc1nc2cc(CCNCBr)ccc2n1C. The standard InChI is InChI=1S/C12H16BrN3/c1-9-15-11-7-10(5-6-14-8-13)3-4-12(11)16(9)2/h3-4,7,14H,5-6,8H2,1-2H3. The molecule has 0 amide bonds. The molecule has 0 saturated heterocycles. The first-order chi connectivity index (χ1) is 7.72. The van der Waals surface area contributed by atoms with Gasteiger partial charge in [0.1, 0.15) is 5.82 Å². The fourth-order valence-corrected chi connectivity index (χ4v) is 2.10. The van der Waals surface area contributed by atoms with Crippen molar-refractivity contribution in [2.75, 3.05) is 12.0 Å². The molecule has 0 spiro atoms. The van der Waals surface area contributed by atoms with E-state index in [-0.39, 0.29) is 0 Å². The first kappa shape index (κ1) is 11.6. The Bertz CT molecular complexity index is 490. The van der Waals surface area contributed by atoms with Crippen molar-refractivity contribution in [1.29, 1.82) is 0 Å². The van der Waals surface area contributed by atoms with Crippen LogP contribution in [0.1, 0.15) is 11.4 Å². The lowest BCUT2D eigenvalue weighted by Crippen LogP contribution is -2.14. The molecular formula is C12H16BrN3. The third kappa shape index (κ3) is 2.28. The van der Waals surface area contributed by atoms with Crippen LogP contribution in [0.3, 0.4) is 0 Å². The van der Waals surface area contributed by atoms with Crippen LogP contribution in [-0.2, 0) is 13.5 Å². The Morgan fingerprint density at radius 3 is 3.00 bits per heavy atom. The molecule has 86 valence electrons. The molecule has 1 aromatic carbocycles. The molecule has 1 aromatic heterocycles. The molecule has 3 nitrogen and oxygen atoms in total. The molecule has 0 aliphatic rings. The summed E-state index contributed by atoms with van der Waals surface area (Å²) in [5.74, 6) is 1.06. The van der Waals surface area contributed by atoms with Crippen molar-refractivity contribution >= 4 is 27.0 Å². The molecule has 0 atom stereocenters. The summed E-state index contributed by atoms with van der Waals surface area (Å²) in [5.41, 5.74) is 4.47. The van der Waals surface area contributed by atoms with E-state index in [1.54, 1.807) is 0 Å². The molecule has 0 unspecified atom stereocenters. The zero-order chi connectivity index (χ0) is 11.5. The highest BCUT2D eigenvalue weighted by atomic mass is 79.9. The predicted molar refractivity (Wildman–Crippen MR) is 71.0 cm³/mol. The number of nitrogens with zero attached hydrogens (tertiary/aromatic N) is 2. The molecule has 0 bridgehead atoms. The molecule has 0 aliphatic heterocycles. The molecule has 0 fully saturated rings. The zero-order valence-electron chi connectivity index (χ0n) is 9.63. The summed E-state index contributed by atoms with van der Waals surface area (Å²) in [6.07, 6.45) is 1.04. The number of nitrogens with one attached hydrogen (secondary N) is 1. The molecule has 2 rings (SSSR count). The van der Waals surface area contributed by atoms with Crippen LogP contribution in [0.4, 0.5) is 0 Å². The van der Waals surface area contributed by atoms with Gasteiger partial charge in [0.25, 0.3) is 0 Å². The van der Waals surface area contributed by atoms with Gasteiger partial charge >= 0.3 is 0 Å². The normalized spacial score (nSPS) is 11.2. The number of aryl methyl sites for hydroxylation is 2. The van der Waals surface area contributed by atoms with Crippen LogP contribution in [0.5, 0.6) is 0 Å². The number of alkyl halides is 1. The molecule has 0 aliphatic carbocycles. The number of benzene rings is 1. The van der Waals surface area contributed by atoms with Gasteiger partial charge in [-0.05, 0) is 37.6 Å². The summed E-state index contributed by atoms with van der Waals surface area (Å²) in [6.45, 7) is 3.02. The lowest BCUT2D eigenvalue weighted by Gasteiger charge is -2.02. The highest BCUT2D eigenvalue weighted by Gasteiger charge is 2.04. The minimum absolute atomic E-state index is 0.845. The minimum Gasteiger partial charge on any atom is -0.331 e. The molecule has 2 aromatic rings. The summed E-state index contributed by atoms with van der Waals surface area (Å²) in [4.78, 5) is 4.53. The second-order valence-corrected chi connectivity index (χ2v) is 4.49. The average Bonchev–Trinajstić information content (AvgIpc) is 2.55. The maximum atomic E-state index is 4.53. The smallest absolute Gasteiger partial charge is 0.106 e. The number of halogens is 1. The van der Waals surface area contributed by atoms with E-state index in [2.05, 4.69) is 56.0 Å². The van der Waals surface area contributed by atoms with Gasteiger partial charge < -0.3 is 9.88 Å². The second-order valence-electron chi connectivity index (χ2n) is 3.92. The van der Waals surface area contributed by atoms with Gasteiger partial charge in [-0.15, -0.1) is 0 Å². The van der Waals surface area contributed by atoms with Crippen molar-refractivity contribution < 1.29 is 0 Å². The van der Waals surface area contributed by atoms with Gasteiger partial charge in [0.05, 0.1) is 16.5 Å². The summed E-state index contributed by atoms with van der Waals surface area (Å²) in [5, 5.41) is 3.25. The monoisotopic (exact) mass is 281 g/mol. The fraction of sp³-hybridized carbons (Fsp3) is 0.417. The van der Waals surface area contributed by atoms with E-state index >= 15 is 0 Å². The van der Waals surface area contributed by atoms with E-state index in [4.69, 9.17) is 0 Å². The van der Waals surface area contributed by atoms with Crippen molar-refractivity contribution in [2.45, 2.75) is 13.3 Å². The average molecular weight is 282 g/mol. The van der Waals surface area contributed by atoms with E-state index < -0.39 is 0 Å². The minimum atomic E-state index is 0.845. The van der Waals surface area contributed by atoms with E-state index in [0.29, 0.717) is 0 Å². The Morgan fingerprint density at radius 1 is 1.44 bits per heavy atom. The highest BCUT2D eigenvalue weighted by Crippen LogP contribution is 2.16. The van der Waals surface area contributed by atoms with Crippen molar-refractivity contribution in [3.63, 3.8) is 0 Å². The summed E-state index contributed by atoms with van der Waals surface area (Å²) >= 11 is 3.35. The van der Waals surface area contributed by atoms with Crippen LogP contribution in [0, 0.1) is 6.92 Å². The fourth-order valence-electron chi connectivity index (χ4n) is 1.82. The van der Waals surface area contributed by atoms with E-state index in [0.717, 1.165) is 29.8 Å². The van der Waals surface area contributed by atoms with Gasteiger partial charge in [0.2, 0.25) is 0 Å². The molecule has 0 radical (unpaired) electrons. The molecule has 16 heavy (non-hydrogen) atoms. The lowest BCUT2D eigenvalue weighted by molar-refractivity contribution is 0.779. The predicted octanol–water partition coefficient (Wildman–Crippen LogP) is 2.37. The van der Waals surface area contributed by atoms with Crippen LogP contribution < -0.4 is 5.32 Å². The van der Waals surface area contributed by atoms with Gasteiger partial charge in [-0.3, -0.25) is 0 Å². The summed E-state index contributed by atoms with van der Waals surface area (Å²) in [7, 11) is 2.05. The summed E-state index contributed by atoms with van der Waals surface area (Å²) in [6, 6.07) is 6.51. The Hall–Kier alpha value is -0.870. The largest absolute Gasteiger partial charge is 0.331 e. The highest BCUT2D eigenvalue weighted by molar-refractivity contribution is 9.09. The van der Waals surface area contributed by atoms with Crippen molar-refractivity contribution in [1.82, 2.24) is 14.9 Å². The topological polar surface area (TPSA) is 29.9 Å². The Kier molecular flexibility index (Phi) is 3.61. The van der Waals surface area contributed by atoms with Gasteiger partial charge in [-0.2, -0.15) is 0 Å². The van der Waals surface area contributed by atoms with Crippen LogP contribution in [0.2, 0.25) is 0 Å². The number of aromatic nitrogens is 2. The van der Waals surface area contributed by atoms with Crippen molar-refractivity contribution in [3.8, 4) is 0 Å². The number of fused-ring (bicyclic) bond motifs is 1. The van der Waals surface area contributed by atoms with Gasteiger partial charge in [-0.25, -0.2) is 4.98 Å². The lowest BCUT2D eigenvalue weighted by atomic mass is 10.1.